The van der Waals surface area contributed by atoms with E-state index in [0.717, 1.165) is 23.6 Å². The van der Waals surface area contributed by atoms with Gasteiger partial charge < -0.3 is 5.32 Å². The molecule has 0 heterocycles. The van der Waals surface area contributed by atoms with Crippen molar-refractivity contribution in [2.45, 2.75) is 37.1 Å². The highest BCUT2D eigenvalue weighted by Gasteiger charge is 2.15. The van der Waals surface area contributed by atoms with Crippen LogP contribution >= 0.6 is 0 Å². The Morgan fingerprint density at radius 3 is 2.38 bits per heavy atom. The average Bonchev–Trinajstić information content (AvgIpc) is 2.72. The van der Waals surface area contributed by atoms with Crippen LogP contribution in [-0.2, 0) is 21.2 Å². The Morgan fingerprint density at radius 1 is 0.931 bits per heavy atom. The molecule has 0 aliphatic carbocycles. The van der Waals surface area contributed by atoms with Gasteiger partial charge in [0.2, 0.25) is 15.9 Å². The lowest BCUT2D eigenvalue weighted by Crippen LogP contribution is -2.35. The fourth-order valence-corrected chi connectivity index (χ4v) is 4.23. The van der Waals surface area contributed by atoms with Crippen LogP contribution in [0.2, 0.25) is 0 Å². The van der Waals surface area contributed by atoms with Gasteiger partial charge in [-0.1, -0.05) is 60.7 Å². The van der Waals surface area contributed by atoms with Crippen LogP contribution in [0, 0.1) is 0 Å². The Kier molecular flexibility index (Phi) is 7.01. The van der Waals surface area contributed by atoms with Crippen molar-refractivity contribution in [3.05, 3.63) is 78.4 Å². The summed E-state index contributed by atoms with van der Waals surface area (Å²) in [6.45, 7) is 2.02. The van der Waals surface area contributed by atoms with E-state index in [-0.39, 0.29) is 29.8 Å². The topological polar surface area (TPSA) is 75.3 Å². The molecule has 1 atom stereocenters. The van der Waals surface area contributed by atoms with Crippen molar-refractivity contribution in [3.8, 4) is 0 Å². The van der Waals surface area contributed by atoms with Crippen LogP contribution in [0.4, 0.5) is 0 Å². The molecule has 0 bridgehead atoms. The van der Waals surface area contributed by atoms with Crippen LogP contribution in [0.25, 0.3) is 10.8 Å². The lowest BCUT2D eigenvalue weighted by atomic mass is 10.1. The van der Waals surface area contributed by atoms with E-state index in [1.807, 2.05) is 49.4 Å². The molecule has 0 spiro atoms. The van der Waals surface area contributed by atoms with Crippen LogP contribution in [0.5, 0.6) is 0 Å². The maximum atomic E-state index is 12.5. The predicted molar refractivity (Wildman–Crippen MR) is 116 cm³/mol. The summed E-state index contributed by atoms with van der Waals surface area (Å²) < 4.78 is 27.5. The molecule has 152 valence electrons. The number of nitrogens with one attached hydrogen (secondary N) is 2. The van der Waals surface area contributed by atoms with Crippen molar-refractivity contribution in [2.24, 2.45) is 0 Å². The lowest BCUT2D eigenvalue weighted by Gasteiger charge is -2.14. The fourth-order valence-electron chi connectivity index (χ4n) is 3.16. The van der Waals surface area contributed by atoms with Crippen molar-refractivity contribution in [3.63, 3.8) is 0 Å². The molecular weight excluding hydrogens is 384 g/mol. The SMILES string of the molecule is CC(CCc1ccccc1)NC(=O)CCNS(=O)(=O)c1ccc2ccccc2c1. The number of carbonyl (C=O) groups excluding carboxylic acids is 1. The first-order valence-electron chi connectivity index (χ1n) is 9.76. The normalized spacial score (nSPS) is 12.6. The van der Waals surface area contributed by atoms with E-state index in [2.05, 4.69) is 22.2 Å². The molecule has 29 heavy (non-hydrogen) atoms. The van der Waals surface area contributed by atoms with Crippen molar-refractivity contribution in [2.75, 3.05) is 6.54 Å². The molecule has 3 aromatic rings. The van der Waals surface area contributed by atoms with E-state index < -0.39 is 10.0 Å². The summed E-state index contributed by atoms with van der Waals surface area (Å²) in [4.78, 5) is 12.3. The van der Waals surface area contributed by atoms with Gasteiger partial charge in [-0.3, -0.25) is 4.79 Å². The molecule has 6 heteroatoms. The summed E-state index contributed by atoms with van der Waals surface area (Å²) >= 11 is 0. The van der Waals surface area contributed by atoms with Crippen LogP contribution < -0.4 is 10.0 Å². The minimum atomic E-state index is -3.65. The molecule has 2 N–H and O–H groups in total. The zero-order valence-electron chi connectivity index (χ0n) is 16.5. The van der Waals surface area contributed by atoms with Crippen molar-refractivity contribution in [1.82, 2.24) is 10.0 Å². The molecule has 1 amide bonds. The molecule has 0 aromatic heterocycles. The maximum Gasteiger partial charge on any atom is 0.240 e. The van der Waals surface area contributed by atoms with Gasteiger partial charge in [0, 0.05) is 19.0 Å². The summed E-state index contributed by atoms with van der Waals surface area (Å²) in [5.74, 6) is -0.160. The third-order valence-electron chi connectivity index (χ3n) is 4.79. The van der Waals surface area contributed by atoms with Gasteiger partial charge in [0.05, 0.1) is 4.90 Å². The quantitative estimate of drug-likeness (QED) is 0.565. The zero-order valence-corrected chi connectivity index (χ0v) is 17.3. The van der Waals surface area contributed by atoms with Crippen molar-refractivity contribution in [1.29, 1.82) is 0 Å². The van der Waals surface area contributed by atoms with Gasteiger partial charge in [0.25, 0.3) is 0 Å². The van der Waals surface area contributed by atoms with E-state index >= 15 is 0 Å². The molecule has 1 unspecified atom stereocenters. The molecule has 5 nitrogen and oxygen atoms in total. The summed E-state index contributed by atoms with van der Waals surface area (Å²) in [5, 5.41) is 4.77. The summed E-state index contributed by atoms with van der Waals surface area (Å²) in [6.07, 6.45) is 1.82. The van der Waals surface area contributed by atoms with E-state index in [4.69, 9.17) is 0 Å². The van der Waals surface area contributed by atoms with Crippen molar-refractivity contribution < 1.29 is 13.2 Å². The van der Waals surface area contributed by atoms with E-state index in [1.54, 1.807) is 18.2 Å². The molecule has 3 rings (SSSR count). The van der Waals surface area contributed by atoms with E-state index in [1.165, 1.54) is 5.56 Å². The monoisotopic (exact) mass is 410 g/mol. The number of benzene rings is 3. The lowest BCUT2D eigenvalue weighted by molar-refractivity contribution is -0.121. The van der Waals surface area contributed by atoms with E-state index in [9.17, 15) is 13.2 Å². The number of sulfonamides is 1. The molecule has 0 radical (unpaired) electrons. The third-order valence-corrected chi connectivity index (χ3v) is 6.25. The van der Waals surface area contributed by atoms with Crippen LogP contribution in [0.15, 0.2) is 77.7 Å². The Hall–Kier alpha value is -2.70. The first-order valence-corrected chi connectivity index (χ1v) is 11.2. The molecule has 0 saturated carbocycles. The number of rotatable bonds is 9. The van der Waals surface area contributed by atoms with Gasteiger partial charge in [-0.25, -0.2) is 13.1 Å². The standard InChI is InChI=1S/C23H26N2O3S/c1-18(11-12-19-7-3-2-4-8-19)25-23(26)15-16-24-29(27,28)22-14-13-20-9-5-6-10-21(20)17-22/h2-10,13-14,17-18,24H,11-12,15-16H2,1H3,(H,25,26). The Balaban J connectivity index is 1.45. The molecule has 0 aliphatic rings. The minimum Gasteiger partial charge on any atom is -0.354 e. The maximum absolute atomic E-state index is 12.5. The molecule has 0 saturated heterocycles. The van der Waals surface area contributed by atoms with Crippen molar-refractivity contribution >= 4 is 26.7 Å². The number of hydrogen-bond acceptors (Lipinski definition) is 3. The second kappa shape index (κ2) is 9.67. The number of aryl methyl sites for hydroxylation is 1. The van der Waals surface area contributed by atoms with Gasteiger partial charge in [-0.15, -0.1) is 0 Å². The highest BCUT2D eigenvalue weighted by atomic mass is 32.2. The highest BCUT2D eigenvalue weighted by Crippen LogP contribution is 2.18. The zero-order chi connectivity index (χ0) is 20.7. The number of hydrogen-bond donors (Lipinski definition) is 2. The van der Waals surface area contributed by atoms with Gasteiger partial charge in [0.15, 0.2) is 0 Å². The predicted octanol–water partition coefficient (Wildman–Crippen LogP) is 3.65. The fraction of sp³-hybridized carbons (Fsp3) is 0.261. The first-order chi connectivity index (χ1) is 13.9. The second-order valence-corrected chi connectivity index (χ2v) is 8.92. The minimum absolute atomic E-state index is 0.0276. The van der Waals surface area contributed by atoms with Crippen LogP contribution in [-0.4, -0.2) is 26.9 Å². The number of amides is 1. The largest absolute Gasteiger partial charge is 0.354 e. The van der Waals surface area contributed by atoms with Gasteiger partial charge in [0.1, 0.15) is 0 Å². The molecule has 0 aliphatic heterocycles. The van der Waals surface area contributed by atoms with Gasteiger partial charge in [-0.2, -0.15) is 0 Å². The van der Waals surface area contributed by atoms with Crippen LogP contribution in [0.3, 0.4) is 0 Å². The third kappa shape index (κ3) is 6.14. The van der Waals surface area contributed by atoms with Gasteiger partial charge >= 0.3 is 0 Å². The Labute approximate surface area is 172 Å². The summed E-state index contributed by atoms with van der Waals surface area (Å²) in [5.41, 5.74) is 1.23. The Bertz CT molecular complexity index is 1070. The van der Waals surface area contributed by atoms with Gasteiger partial charge in [-0.05, 0) is 48.2 Å². The number of fused-ring (bicyclic) bond motifs is 1. The second-order valence-electron chi connectivity index (χ2n) is 7.15. The molecule has 0 fully saturated rings. The average molecular weight is 411 g/mol. The molecule has 3 aromatic carbocycles. The summed E-state index contributed by atoms with van der Waals surface area (Å²) in [6, 6.07) is 22.7. The number of carbonyl (C=O) groups is 1. The van der Waals surface area contributed by atoms with Crippen LogP contribution in [0.1, 0.15) is 25.3 Å². The highest BCUT2D eigenvalue weighted by molar-refractivity contribution is 7.89. The van der Waals surface area contributed by atoms with E-state index in [0.29, 0.717) is 0 Å². The first kappa shape index (κ1) is 21.0. The Morgan fingerprint density at radius 2 is 1.62 bits per heavy atom. The molecular formula is C23H26N2O3S. The smallest absolute Gasteiger partial charge is 0.240 e. The summed E-state index contributed by atoms with van der Waals surface area (Å²) in [7, 11) is -3.65.